The van der Waals surface area contributed by atoms with Crippen LogP contribution in [0, 0.1) is 23.7 Å². The Morgan fingerprint density at radius 2 is 1.61 bits per heavy atom. The minimum atomic E-state index is 0.889. The van der Waals surface area contributed by atoms with Gasteiger partial charge >= 0.3 is 0 Å². The van der Waals surface area contributed by atoms with Crippen LogP contribution in [0.2, 0.25) is 0 Å². The van der Waals surface area contributed by atoms with Crippen molar-refractivity contribution < 1.29 is 0 Å². The Labute approximate surface area is 116 Å². The highest BCUT2D eigenvalue weighted by molar-refractivity contribution is 4.77. The fourth-order valence-corrected chi connectivity index (χ4v) is 3.76. The fraction of sp³-hybridized carbons (Fsp3) is 1.00. The maximum Gasteiger partial charge on any atom is -0.0386 e. The normalized spacial score (nSPS) is 26.5. The standard InChI is InChI=1S/C18H36/c1-5-7-8-16-10-13-18(14-11-16)17(6-2)12-9-15(3)4/h15-18H,5-14H2,1-4H3. The highest BCUT2D eigenvalue weighted by Gasteiger charge is 2.26. The molecule has 0 aromatic heterocycles. The summed E-state index contributed by atoms with van der Waals surface area (Å²) in [5, 5.41) is 0. The van der Waals surface area contributed by atoms with E-state index in [1.165, 1.54) is 64.2 Å². The minimum absolute atomic E-state index is 0.889. The topological polar surface area (TPSA) is 0 Å². The predicted molar refractivity (Wildman–Crippen MR) is 82.8 cm³/mol. The smallest absolute Gasteiger partial charge is 0.0386 e. The van der Waals surface area contributed by atoms with Crippen LogP contribution in [0.4, 0.5) is 0 Å². The lowest BCUT2D eigenvalue weighted by molar-refractivity contribution is 0.179. The van der Waals surface area contributed by atoms with Gasteiger partial charge in [-0.15, -0.1) is 0 Å². The van der Waals surface area contributed by atoms with Crippen LogP contribution in [0.15, 0.2) is 0 Å². The molecule has 0 saturated heterocycles. The van der Waals surface area contributed by atoms with Crippen LogP contribution in [0.5, 0.6) is 0 Å². The molecule has 1 aliphatic rings. The monoisotopic (exact) mass is 252 g/mol. The van der Waals surface area contributed by atoms with Crippen molar-refractivity contribution in [2.45, 2.75) is 91.9 Å². The van der Waals surface area contributed by atoms with E-state index in [-0.39, 0.29) is 0 Å². The number of unbranched alkanes of at least 4 members (excludes halogenated alkanes) is 1. The molecule has 108 valence electrons. The van der Waals surface area contributed by atoms with Crippen LogP contribution in [0.1, 0.15) is 91.9 Å². The summed E-state index contributed by atoms with van der Waals surface area (Å²) in [7, 11) is 0. The van der Waals surface area contributed by atoms with Gasteiger partial charge in [0.2, 0.25) is 0 Å². The molecule has 1 atom stereocenters. The lowest BCUT2D eigenvalue weighted by atomic mass is 9.72. The molecule has 1 aliphatic carbocycles. The van der Waals surface area contributed by atoms with Crippen molar-refractivity contribution in [1.29, 1.82) is 0 Å². The summed E-state index contributed by atoms with van der Waals surface area (Å²) in [6.07, 6.45) is 14.8. The van der Waals surface area contributed by atoms with Gasteiger partial charge < -0.3 is 0 Å². The van der Waals surface area contributed by atoms with E-state index >= 15 is 0 Å². The zero-order valence-corrected chi connectivity index (χ0v) is 13.4. The van der Waals surface area contributed by atoms with E-state index in [0.29, 0.717) is 0 Å². The molecule has 1 fully saturated rings. The molecule has 18 heavy (non-hydrogen) atoms. The molecular weight excluding hydrogens is 216 g/mol. The van der Waals surface area contributed by atoms with Gasteiger partial charge in [-0.25, -0.2) is 0 Å². The Bertz CT molecular complexity index is 186. The van der Waals surface area contributed by atoms with Gasteiger partial charge in [-0.1, -0.05) is 72.6 Å². The molecule has 1 saturated carbocycles. The zero-order valence-electron chi connectivity index (χ0n) is 13.4. The van der Waals surface area contributed by atoms with Crippen molar-refractivity contribution >= 4 is 0 Å². The second-order valence-electron chi connectivity index (χ2n) is 7.06. The SMILES string of the molecule is CCCCC1CCC(C(CC)CCC(C)C)CC1. The molecule has 0 spiro atoms. The van der Waals surface area contributed by atoms with Gasteiger partial charge in [-0.2, -0.15) is 0 Å². The van der Waals surface area contributed by atoms with E-state index in [0.717, 1.165) is 23.7 Å². The lowest BCUT2D eigenvalue weighted by Crippen LogP contribution is -2.22. The third-order valence-corrected chi connectivity index (χ3v) is 5.16. The van der Waals surface area contributed by atoms with Crippen LogP contribution in [-0.2, 0) is 0 Å². The third kappa shape index (κ3) is 5.76. The van der Waals surface area contributed by atoms with E-state index in [9.17, 15) is 0 Å². The summed E-state index contributed by atoms with van der Waals surface area (Å²) in [4.78, 5) is 0. The first-order valence-electron chi connectivity index (χ1n) is 8.67. The first kappa shape index (κ1) is 16.1. The number of hydrogen-bond donors (Lipinski definition) is 0. The van der Waals surface area contributed by atoms with Crippen molar-refractivity contribution in [1.82, 2.24) is 0 Å². The maximum absolute atomic E-state index is 2.41. The fourth-order valence-electron chi connectivity index (χ4n) is 3.76. The van der Waals surface area contributed by atoms with Gasteiger partial charge in [0.05, 0.1) is 0 Å². The van der Waals surface area contributed by atoms with E-state index in [1.54, 1.807) is 0 Å². The van der Waals surface area contributed by atoms with Gasteiger partial charge in [0.15, 0.2) is 0 Å². The quantitative estimate of drug-likeness (QED) is 0.466. The summed E-state index contributed by atoms with van der Waals surface area (Å²) in [6, 6.07) is 0. The number of rotatable bonds is 8. The summed E-state index contributed by atoms with van der Waals surface area (Å²) < 4.78 is 0. The third-order valence-electron chi connectivity index (χ3n) is 5.16. The van der Waals surface area contributed by atoms with E-state index in [2.05, 4.69) is 27.7 Å². The van der Waals surface area contributed by atoms with Crippen LogP contribution in [-0.4, -0.2) is 0 Å². The molecule has 0 amide bonds. The highest BCUT2D eigenvalue weighted by Crippen LogP contribution is 2.38. The Hall–Kier alpha value is 0. The maximum atomic E-state index is 2.41. The summed E-state index contributed by atoms with van der Waals surface area (Å²) in [6.45, 7) is 9.47. The van der Waals surface area contributed by atoms with E-state index in [4.69, 9.17) is 0 Å². The van der Waals surface area contributed by atoms with Crippen molar-refractivity contribution in [3.8, 4) is 0 Å². The molecule has 0 heteroatoms. The van der Waals surface area contributed by atoms with Gasteiger partial charge in [-0.3, -0.25) is 0 Å². The van der Waals surface area contributed by atoms with E-state index in [1.807, 2.05) is 0 Å². The first-order valence-corrected chi connectivity index (χ1v) is 8.67. The molecule has 0 aromatic carbocycles. The second kappa shape index (κ2) is 8.99. The first-order chi connectivity index (χ1) is 8.67. The summed E-state index contributed by atoms with van der Waals surface area (Å²) in [5.41, 5.74) is 0. The zero-order chi connectivity index (χ0) is 13.4. The Balaban J connectivity index is 2.26. The molecule has 0 bridgehead atoms. The second-order valence-corrected chi connectivity index (χ2v) is 7.06. The summed E-state index contributed by atoms with van der Waals surface area (Å²) >= 11 is 0. The van der Waals surface area contributed by atoms with Crippen molar-refractivity contribution in [3.05, 3.63) is 0 Å². The molecule has 0 nitrogen and oxygen atoms in total. The average molecular weight is 252 g/mol. The predicted octanol–water partition coefficient (Wildman–Crippen LogP) is 6.45. The molecule has 0 heterocycles. The van der Waals surface area contributed by atoms with Crippen LogP contribution in [0.25, 0.3) is 0 Å². The van der Waals surface area contributed by atoms with E-state index < -0.39 is 0 Å². The van der Waals surface area contributed by atoms with Crippen LogP contribution in [0.3, 0.4) is 0 Å². The van der Waals surface area contributed by atoms with Crippen molar-refractivity contribution in [2.24, 2.45) is 23.7 Å². The Morgan fingerprint density at radius 1 is 0.944 bits per heavy atom. The average Bonchev–Trinajstić information content (AvgIpc) is 2.38. The largest absolute Gasteiger partial charge is 0.0654 e. The Kier molecular flexibility index (Phi) is 8.02. The molecule has 1 unspecified atom stereocenters. The lowest BCUT2D eigenvalue weighted by Gasteiger charge is -2.34. The minimum Gasteiger partial charge on any atom is -0.0654 e. The Morgan fingerprint density at radius 3 is 2.11 bits per heavy atom. The highest BCUT2D eigenvalue weighted by atomic mass is 14.3. The molecule has 0 aromatic rings. The molecular formula is C18H36. The number of hydrogen-bond acceptors (Lipinski definition) is 0. The molecule has 0 aliphatic heterocycles. The van der Waals surface area contributed by atoms with Gasteiger partial charge in [0, 0.05) is 0 Å². The van der Waals surface area contributed by atoms with Gasteiger partial charge in [0.25, 0.3) is 0 Å². The summed E-state index contributed by atoms with van der Waals surface area (Å²) in [5.74, 6) is 4.05. The van der Waals surface area contributed by atoms with Crippen LogP contribution < -0.4 is 0 Å². The van der Waals surface area contributed by atoms with Gasteiger partial charge in [0.1, 0.15) is 0 Å². The molecule has 0 radical (unpaired) electrons. The molecule has 1 rings (SSSR count). The van der Waals surface area contributed by atoms with Gasteiger partial charge in [-0.05, 0) is 42.9 Å². The van der Waals surface area contributed by atoms with Crippen LogP contribution >= 0.6 is 0 Å². The van der Waals surface area contributed by atoms with Crippen molar-refractivity contribution in [2.75, 3.05) is 0 Å². The van der Waals surface area contributed by atoms with Crippen molar-refractivity contribution in [3.63, 3.8) is 0 Å². The molecule has 0 N–H and O–H groups in total.